The van der Waals surface area contributed by atoms with Gasteiger partial charge >= 0.3 is 0 Å². The van der Waals surface area contributed by atoms with E-state index in [1.165, 1.54) is 41.4 Å². The molecule has 0 bridgehead atoms. The second kappa shape index (κ2) is 11.1. The molecule has 0 atom stereocenters. The van der Waals surface area contributed by atoms with Gasteiger partial charge < -0.3 is 18.9 Å². The number of hydrogen-bond donors (Lipinski definition) is 0. The minimum Gasteiger partial charge on any atom is -0.496 e. The number of aryl methyl sites for hydroxylation is 1. The predicted molar refractivity (Wildman–Crippen MR) is 134 cm³/mol. The van der Waals surface area contributed by atoms with Crippen LogP contribution in [0.15, 0.2) is 42.5 Å². The molecule has 36 heavy (non-hydrogen) atoms. The van der Waals surface area contributed by atoms with Gasteiger partial charge in [-0.15, -0.1) is 0 Å². The minimum atomic E-state index is -0.740. The Bertz CT molecular complexity index is 1330. The van der Waals surface area contributed by atoms with Gasteiger partial charge in [0.25, 0.3) is 5.52 Å². The molecule has 0 N–H and O–H groups in total. The maximum atomic E-state index is 14.1. The van der Waals surface area contributed by atoms with E-state index in [9.17, 15) is 18.9 Å². The minimum absolute atomic E-state index is 0.0391. The van der Waals surface area contributed by atoms with Gasteiger partial charge in [-0.2, -0.15) is 0 Å². The molecule has 0 aliphatic carbocycles. The van der Waals surface area contributed by atoms with E-state index in [1.54, 1.807) is 43.3 Å². The van der Waals surface area contributed by atoms with Crippen molar-refractivity contribution >= 4 is 25.6 Å². The summed E-state index contributed by atoms with van der Waals surface area (Å²) >= 11 is 0. The number of benzene rings is 3. The molecule has 0 aliphatic rings. The molecule has 0 aromatic heterocycles. The average Bonchev–Trinajstić information content (AvgIpc) is 2.91. The molecule has 0 saturated heterocycles. The summed E-state index contributed by atoms with van der Waals surface area (Å²) in [5.74, 6) is -0.183. The van der Waals surface area contributed by atoms with E-state index >= 15 is 0 Å². The van der Waals surface area contributed by atoms with E-state index in [0.717, 1.165) is 0 Å². The third kappa shape index (κ3) is 4.60. The fourth-order valence-corrected chi connectivity index (χ4v) is 4.49. The summed E-state index contributed by atoms with van der Waals surface area (Å²) in [4.78, 5) is 40.7. The Morgan fingerprint density at radius 2 is 1.03 bits per heavy atom. The van der Waals surface area contributed by atoms with E-state index < -0.39 is 25.6 Å². The Morgan fingerprint density at radius 3 is 1.39 bits per heavy atom. The molecule has 3 rings (SSSR count). The van der Waals surface area contributed by atoms with E-state index in [4.69, 9.17) is 18.9 Å². The van der Waals surface area contributed by atoms with Crippen LogP contribution in [-0.2, 0) is 4.57 Å². The number of rotatable bonds is 10. The lowest BCUT2D eigenvalue weighted by Crippen LogP contribution is -2.19. The van der Waals surface area contributed by atoms with Gasteiger partial charge in [0.1, 0.15) is 34.1 Å². The molecule has 0 saturated carbocycles. The van der Waals surface area contributed by atoms with Gasteiger partial charge in [-0.25, -0.2) is 0 Å². The molecule has 0 spiro atoms. The van der Waals surface area contributed by atoms with E-state index in [2.05, 4.69) is 0 Å². The lowest BCUT2D eigenvalue weighted by atomic mass is 9.84. The van der Waals surface area contributed by atoms with Crippen molar-refractivity contribution in [2.24, 2.45) is 0 Å². The van der Waals surface area contributed by atoms with Crippen molar-refractivity contribution in [3.05, 3.63) is 81.4 Å². The van der Waals surface area contributed by atoms with Crippen molar-refractivity contribution in [3.63, 3.8) is 0 Å². The highest BCUT2D eigenvalue weighted by Gasteiger charge is 2.32. The van der Waals surface area contributed by atoms with Crippen LogP contribution in [0.2, 0.25) is 0 Å². The van der Waals surface area contributed by atoms with Crippen LogP contribution in [0.1, 0.15) is 53.3 Å². The van der Waals surface area contributed by atoms with Crippen LogP contribution < -0.4 is 18.9 Å². The van der Waals surface area contributed by atoms with Crippen LogP contribution in [0.3, 0.4) is 0 Å². The highest BCUT2D eigenvalue weighted by molar-refractivity contribution is 7.47. The quantitative estimate of drug-likeness (QED) is 0.271. The highest BCUT2D eigenvalue weighted by atomic mass is 31.1. The number of methoxy groups -OCH3 is 4. The standard InChI is InChI=1S/C27H25O8P/c1-14-13-16(27(30)36-31)15(2)22(26(29)24-19(34-5)11-8-12-20(24)35-6)21(14)25(28)23-17(32-3)9-7-10-18(23)33-4/h7-13H,1-6H3. The van der Waals surface area contributed by atoms with E-state index in [-0.39, 0.29) is 56.4 Å². The lowest BCUT2D eigenvalue weighted by Gasteiger charge is -2.20. The Balaban J connectivity index is 2.45. The smallest absolute Gasteiger partial charge is 0.253 e. The van der Waals surface area contributed by atoms with Gasteiger partial charge in [0.05, 0.1) is 28.4 Å². The number of carbonyl (C=O) groups excluding carboxylic acids is 3. The molecule has 0 heterocycles. The zero-order valence-electron chi connectivity index (χ0n) is 20.8. The maximum absolute atomic E-state index is 14.1. The molecular formula is C27H25O8P. The first-order valence-corrected chi connectivity index (χ1v) is 11.6. The fraction of sp³-hybridized carbons (Fsp3) is 0.222. The monoisotopic (exact) mass is 508 g/mol. The lowest BCUT2D eigenvalue weighted by molar-refractivity contribution is 0.0995. The van der Waals surface area contributed by atoms with Crippen LogP contribution in [0, 0.1) is 13.8 Å². The summed E-state index contributed by atoms with van der Waals surface area (Å²) in [6.45, 7) is 3.13. The summed E-state index contributed by atoms with van der Waals surface area (Å²) in [7, 11) is 4.92. The Hall–Kier alpha value is -4.03. The summed E-state index contributed by atoms with van der Waals surface area (Å²) in [5.41, 5.74) is 0.0832. The summed E-state index contributed by atoms with van der Waals surface area (Å²) in [5, 5.41) is 0. The van der Waals surface area contributed by atoms with Crippen molar-refractivity contribution in [3.8, 4) is 23.0 Å². The topological polar surface area (TPSA) is 105 Å². The SMILES string of the molecule is COc1cccc(OC)c1C(=O)c1c(C)cc(C(=O)P=O)c(C)c1C(=O)c1c(OC)cccc1OC. The summed E-state index contributed by atoms with van der Waals surface area (Å²) < 4.78 is 33.1. The first-order chi connectivity index (χ1) is 17.2. The second-order valence-electron chi connectivity index (χ2n) is 7.75. The third-order valence-electron chi connectivity index (χ3n) is 5.86. The van der Waals surface area contributed by atoms with Crippen LogP contribution in [-0.4, -0.2) is 45.5 Å². The Kier molecular flexibility index (Phi) is 8.22. The molecule has 0 radical (unpaired) electrons. The van der Waals surface area contributed by atoms with Gasteiger partial charge in [-0.05, 0) is 55.3 Å². The third-order valence-corrected chi connectivity index (χ3v) is 6.27. The van der Waals surface area contributed by atoms with Crippen LogP contribution >= 0.6 is 8.46 Å². The molecule has 8 nitrogen and oxygen atoms in total. The number of hydrogen-bond acceptors (Lipinski definition) is 8. The zero-order chi connectivity index (χ0) is 26.6. The van der Waals surface area contributed by atoms with Gasteiger partial charge in [-0.1, -0.05) is 12.1 Å². The molecule has 186 valence electrons. The second-order valence-corrected chi connectivity index (χ2v) is 8.33. The number of ether oxygens (including phenoxy) is 4. The van der Waals surface area contributed by atoms with Gasteiger partial charge in [0, 0.05) is 16.7 Å². The van der Waals surface area contributed by atoms with E-state index in [0.29, 0.717) is 5.56 Å². The first-order valence-electron chi connectivity index (χ1n) is 10.8. The van der Waals surface area contributed by atoms with Crippen LogP contribution in [0.4, 0.5) is 0 Å². The molecule has 0 unspecified atom stereocenters. The number of ketones is 2. The Morgan fingerprint density at radius 1 is 0.639 bits per heavy atom. The van der Waals surface area contributed by atoms with Crippen molar-refractivity contribution < 1.29 is 37.9 Å². The van der Waals surface area contributed by atoms with E-state index in [1.807, 2.05) is 0 Å². The van der Waals surface area contributed by atoms with Gasteiger partial charge in [0.15, 0.2) is 0 Å². The molecule has 3 aromatic carbocycles. The average molecular weight is 508 g/mol. The fourth-order valence-electron chi connectivity index (χ4n) is 4.16. The zero-order valence-corrected chi connectivity index (χ0v) is 21.6. The highest BCUT2D eigenvalue weighted by Crippen LogP contribution is 2.38. The molecule has 0 amide bonds. The summed E-state index contributed by atoms with van der Waals surface area (Å²) in [6.07, 6.45) is 0. The molecule has 0 aliphatic heterocycles. The van der Waals surface area contributed by atoms with Crippen molar-refractivity contribution in [1.29, 1.82) is 0 Å². The Labute approximate surface area is 210 Å². The van der Waals surface area contributed by atoms with Crippen molar-refractivity contribution in [2.75, 3.05) is 28.4 Å². The van der Waals surface area contributed by atoms with Gasteiger partial charge in [-0.3, -0.25) is 18.9 Å². The molecule has 0 fully saturated rings. The maximum Gasteiger partial charge on any atom is 0.253 e. The normalized spacial score (nSPS) is 10.6. The predicted octanol–water partition coefficient (Wildman–Crippen LogP) is 5.23. The summed E-state index contributed by atoms with van der Waals surface area (Å²) in [6, 6.07) is 11.2. The molecule has 9 heteroatoms. The van der Waals surface area contributed by atoms with Crippen LogP contribution in [0.5, 0.6) is 23.0 Å². The number of carbonyl (C=O) groups is 3. The van der Waals surface area contributed by atoms with Crippen molar-refractivity contribution in [2.45, 2.75) is 13.8 Å². The largest absolute Gasteiger partial charge is 0.496 e. The molecule has 3 aromatic rings. The molecular weight excluding hydrogens is 483 g/mol. The van der Waals surface area contributed by atoms with Crippen LogP contribution in [0.25, 0.3) is 0 Å². The first kappa shape index (κ1) is 26.6. The van der Waals surface area contributed by atoms with Crippen molar-refractivity contribution in [1.82, 2.24) is 0 Å². The van der Waals surface area contributed by atoms with Gasteiger partial charge in [0.2, 0.25) is 20.0 Å².